The lowest BCUT2D eigenvalue weighted by atomic mass is 9.84. The fourth-order valence-electron chi connectivity index (χ4n) is 3.23. The molecule has 1 aliphatic rings. The topological polar surface area (TPSA) is 29.5 Å². The van der Waals surface area contributed by atoms with E-state index in [2.05, 4.69) is 17.0 Å². The standard InChI is InChI=1S/C21H25NO2.ClH/c1-18(23)24-21(20-10-6-3-7-11-20)13-16-22(17-14-21)15-12-19-8-4-2-5-9-19;/h2-11H,12-17H2,1H3;1H/i3D,6D,7D,10D,11D;. The van der Waals surface area contributed by atoms with E-state index >= 15 is 0 Å². The van der Waals surface area contributed by atoms with Gasteiger partial charge in [0.05, 0.1) is 6.85 Å². The summed E-state index contributed by atoms with van der Waals surface area (Å²) in [6, 6.07) is 8.33. The van der Waals surface area contributed by atoms with Crippen molar-refractivity contribution in [2.24, 2.45) is 0 Å². The highest BCUT2D eigenvalue weighted by atomic mass is 35.5. The van der Waals surface area contributed by atoms with Gasteiger partial charge in [0.25, 0.3) is 0 Å². The second-order valence-corrected chi connectivity index (χ2v) is 6.17. The lowest BCUT2D eigenvalue weighted by molar-refractivity contribution is -0.164. The van der Waals surface area contributed by atoms with E-state index in [4.69, 9.17) is 11.6 Å². The Hall–Kier alpha value is -1.84. The zero-order valence-corrected chi connectivity index (χ0v) is 15.1. The average molecular weight is 365 g/mol. The third-order valence-electron chi connectivity index (χ3n) is 4.52. The Morgan fingerprint density at radius 1 is 1.16 bits per heavy atom. The van der Waals surface area contributed by atoms with Crippen LogP contribution in [0.1, 0.15) is 37.7 Å². The first kappa shape index (κ1) is 13.4. The van der Waals surface area contributed by atoms with Crippen molar-refractivity contribution >= 4 is 18.4 Å². The van der Waals surface area contributed by atoms with Gasteiger partial charge in [-0.2, -0.15) is 0 Å². The molecular formula is C21H26ClNO2. The van der Waals surface area contributed by atoms with E-state index in [1.807, 2.05) is 18.2 Å². The first-order valence-corrected chi connectivity index (χ1v) is 8.28. The highest BCUT2D eigenvalue weighted by Crippen LogP contribution is 2.36. The van der Waals surface area contributed by atoms with Crippen LogP contribution in [0.15, 0.2) is 60.5 Å². The molecule has 1 heterocycles. The molecule has 0 amide bonds. The first-order chi connectivity index (χ1) is 13.7. The highest BCUT2D eigenvalue weighted by Gasteiger charge is 2.38. The third kappa shape index (κ3) is 5.07. The Kier molecular flexibility index (Phi) is 4.83. The summed E-state index contributed by atoms with van der Waals surface area (Å²) in [7, 11) is 0. The molecule has 0 aliphatic carbocycles. The van der Waals surface area contributed by atoms with Crippen LogP contribution in [0.5, 0.6) is 0 Å². The molecule has 1 aliphatic heterocycles. The largest absolute Gasteiger partial charge is 0.454 e. The molecule has 0 N–H and O–H groups in total. The van der Waals surface area contributed by atoms with Crippen molar-refractivity contribution in [3.8, 4) is 0 Å². The summed E-state index contributed by atoms with van der Waals surface area (Å²) in [6.45, 7) is 3.37. The third-order valence-corrected chi connectivity index (χ3v) is 4.52. The number of ether oxygens (including phenoxy) is 1. The number of hydrogen-bond acceptors (Lipinski definition) is 3. The van der Waals surface area contributed by atoms with Gasteiger partial charge in [-0.15, -0.1) is 12.4 Å². The zero-order valence-electron chi connectivity index (χ0n) is 19.3. The van der Waals surface area contributed by atoms with E-state index in [1.165, 1.54) is 12.5 Å². The van der Waals surface area contributed by atoms with Crippen LogP contribution in [0, 0.1) is 0 Å². The van der Waals surface area contributed by atoms with Crippen LogP contribution >= 0.6 is 12.4 Å². The minimum absolute atomic E-state index is 0. The fraction of sp³-hybridized carbons (Fsp3) is 0.381. The molecule has 4 heteroatoms. The maximum absolute atomic E-state index is 11.9. The lowest BCUT2D eigenvalue weighted by Gasteiger charge is -2.41. The van der Waals surface area contributed by atoms with Crippen LogP contribution in [-0.4, -0.2) is 30.5 Å². The summed E-state index contributed by atoms with van der Waals surface area (Å²) in [5.74, 6) is -0.519. The average Bonchev–Trinajstić information content (AvgIpc) is 2.71. The van der Waals surface area contributed by atoms with E-state index in [9.17, 15) is 4.79 Å². The van der Waals surface area contributed by atoms with Gasteiger partial charge in [0.15, 0.2) is 0 Å². The van der Waals surface area contributed by atoms with Crippen LogP contribution in [0.25, 0.3) is 0 Å². The molecule has 2 aromatic rings. The minimum Gasteiger partial charge on any atom is -0.454 e. The molecule has 0 unspecified atom stereocenters. The molecule has 1 saturated heterocycles. The maximum atomic E-state index is 11.9. The quantitative estimate of drug-likeness (QED) is 0.744. The number of likely N-dealkylation sites (tertiary alicyclic amines) is 1. The summed E-state index contributed by atoms with van der Waals surface area (Å²) >= 11 is 0. The maximum Gasteiger partial charge on any atom is 0.303 e. The van der Waals surface area contributed by atoms with Crippen LogP contribution in [0.4, 0.5) is 0 Å². The van der Waals surface area contributed by atoms with Crippen molar-refractivity contribution in [2.45, 2.75) is 31.8 Å². The highest BCUT2D eigenvalue weighted by molar-refractivity contribution is 5.85. The number of halogens is 1. The zero-order chi connectivity index (χ0) is 21.2. The summed E-state index contributed by atoms with van der Waals surface area (Å²) < 4.78 is 46.0. The number of benzene rings is 2. The van der Waals surface area contributed by atoms with Crippen LogP contribution < -0.4 is 0 Å². The molecule has 0 aromatic heterocycles. The molecular weight excluding hydrogens is 334 g/mol. The predicted octanol–water partition coefficient (Wildman–Crippen LogP) is 4.21. The van der Waals surface area contributed by atoms with E-state index in [0.717, 1.165) is 13.0 Å². The number of rotatable bonds is 5. The molecule has 3 rings (SSSR count). The molecule has 0 atom stereocenters. The fourth-order valence-corrected chi connectivity index (χ4v) is 3.23. The Bertz CT molecular complexity index is 873. The van der Waals surface area contributed by atoms with Gasteiger partial charge in [-0.3, -0.25) is 4.79 Å². The van der Waals surface area contributed by atoms with Crippen molar-refractivity contribution < 1.29 is 16.4 Å². The van der Waals surface area contributed by atoms with Gasteiger partial charge in [0.1, 0.15) is 5.60 Å². The van der Waals surface area contributed by atoms with Crippen molar-refractivity contribution in [3.63, 3.8) is 0 Å². The molecule has 25 heavy (non-hydrogen) atoms. The number of carbonyl (C=O) groups is 1. The first-order valence-electron chi connectivity index (χ1n) is 10.8. The molecule has 0 saturated carbocycles. The molecule has 0 spiro atoms. The summed E-state index contributed by atoms with van der Waals surface area (Å²) in [5.41, 5.74) is 0.124. The van der Waals surface area contributed by atoms with Crippen LogP contribution in [0.3, 0.4) is 0 Å². The van der Waals surface area contributed by atoms with Gasteiger partial charge >= 0.3 is 5.97 Å². The van der Waals surface area contributed by atoms with Crippen molar-refractivity contribution in [1.29, 1.82) is 0 Å². The Labute approximate surface area is 163 Å². The van der Waals surface area contributed by atoms with Crippen LogP contribution in [0.2, 0.25) is 0 Å². The molecule has 134 valence electrons. The number of piperidine rings is 1. The molecule has 3 nitrogen and oxygen atoms in total. The molecule has 2 aromatic carbocycles. The molecule has 0 bridgehead atoms. The Balaban J connectivity index is 0.00000320. The van der Waals surface area contributed by atoms with E-state index < -0.39 is 29.7 Å². The number of carbonyl (C=O) groups excluding carboxylic acids is 1. The van der Waals surface area contributed by atoms with Gasteiger partial charge in [-0.25, -0.2) is 0 Å². The lowest BCUT2D eigenvalue weighted by Crippen LogP contribution is -2.45. The monoisotopic (exact) mass is 364 g/mol. The van der Waals surface area contributed by atoms with Gasteiger partial charge in [0, 0.05) is 39.4 Å². The predicted molar refractivity (Wildman–Crippen MR) is 103 cm³/mol. The normalized spacial score (nSPS) is 19.5. The summed E-state index contributed by atoms with van der Waals surface area (Å²) in [5, 5.41) is 0. The SMILES string of the molecule is Cl.[2H]c1c([2H])c([2H])c(C2(OC(C)=O)CCN(CCc3ccccc3)CC2)c([2H])c1[2H]. The molecule has 0 radical (unpaired) electrons. The smallest absolute Gasteiger partial charge is 0.303 e. The summed E-state index contributed by atoms with van der Waals surface area (Å²) in [6.07, 6.45) is 1.67. The Morgan fingerprint density at radius 2 is 1.80 bits per heavy atom. The Morgan fingerprint density at radius 3 is 2.40 bits per heavy atom. The van der Waals surface area contributed by atoms with Gasteiger partial charge in [-0.05, 0) is 17.5 Å². The molecule has 1 fully saturated rings. The van der Waals surface area contributed by atoms with E-state index in [1.54, 1.807) is 0 Å². The number of hydrogen-bond donors (Lipinski definition) is 0. The number of nitrogens with zero attached hydrogens (tertiary/aromatic N) is 1. The van der Waals surface area contributed by atoms with Gasteiger partial charge in [-0.1, -0.05) is 60.5 Å². The van der Waals surface area contributed by atoms with Crippen molar-refractivity contribution in [2.75, 3.05) is 19.6 Å². The number of esters is 1. The van der Waals surface area contributed by atoms with Crippen molar-refractivity contribution in [3.05, 3.63) is 71.7 Å². The van der Waals surface area contributed by atoms with Crippen LogP contribution in [-0.2, 0) is 21.6 Å². The minimum atomic E-state index is -1.21. The second-order valence-electron chi connectivity index (χ2n) is 6.17. The summed E-state index contributed by atoms with van der Waals surface area (Å²) in [4.78, 5) is 14.1. The van der Waals surface area contributed by atoms with Crippen molar-refractivity contribution in [1.82, 2.24) is 4.90 Å². The van der Waals surface area contributed by atoms with E-state index in [0.29, 0.717) is 25.9 Å². The second kappa shape index (κ2) is 9.02. The van der Waals surface area contributed by atoms with Gasteiger partial charge < -0.3 is 9.64 Å². The van der Waals surface area contributed by atoms with Gasteiger partial charge in [0.2, 0.25) is 0 Å². The van der Waals surface area contributed by atoms with E-state index in [-0.39, 0.29) is 30.1 Å².